The number of hydrogen-bond acceptors (Lipinski definition) is 4. The highest BCUT2D eigenvalue weighted by Crippen LogP contribution is 2.28. The van der Waals surface area contributed by atoms with Gasteiger partial charge in [0.25, 0.3) is 0 Å². The van der Waals surface area contributed by atoms with Crippen molar-refractivity contribution >= 4 is 0 Å². The molecule has 0 bridgehead atoms. The molecule has 0 amide bonds. The van der Waals surface area contributed by atoms with Crippen molar-refractivity contribution in [2.45, 2.75) is 31.1 Å². The van der Waals surface area contributed by atoms with Crippen molar-refractivity contribution in [3.8, 4) is 0 Å². The minimum Gasteiger partial charge on any atom is -0.466 e. The lowest BCUT2D eigenvalue weighted by Crippen LogP contribution is -2.48. The standard InChI is InChI=1S/C12H17NO3/c14-12(10-4-2-6-15-10)11-7-13-5-1-3-9(13)8-16-11/h2,4,6,9,11-12,14H,1,3,5,7-8H2. The number of furan rings is 1. The van der Waals surface area contributed by atoms with Gasteiger partial charge >= 0.3 is 0 Å². The van der Waals surface area contributed by atoms with Crippen molar-refractivity contribution in [3.63, 3.8) is 0 Å². The zero-order valence-corrected chi connectivity index (χ0v) is 9.21. The van der Waals surface area contributed by atoms with Crippen molar-refractivity contribution in [1.29, 1.82) is 0 Å². The van der Waals surface area contributed by atoms with E-state index in [2.05, 4.69) is 4.90 Å². The van der Waals surface area contributed by atoms with Gasteiger partial charge in [-0.1, -0.05) is 0 Å². The van der Waals surface area contributed by atoms with Crippen LogP contribution in [0.3, 0.4) is 0 Å². The SMILES string of the molecule is OC(c1ccco1)C1CN2CCCC2CO1. The predicted molar refractivity (Wildman–Crippen MR) is 58.0 cm³/mol. The summed E-state index contributed by atoms with van der Waals surface area (Å²) in [7, 11) is 0. The Hall–Kier alpha value is -0.840. The molecule has 2 fully saturated rings. The Bertz CT molecular complexity index is 338. The minimum atomic E-state index is -0.642. The Kier molecular flexibility index (Phi) is 2.71. The molecule has 4 nitrogen and oxygen atoms in total. The third-order valence-electron chi connectivity index (χ3n) is 3.60. The van der Waals surface area contributed by atoms with E-state index in [1.807, 2.05) is 0 Å². The number of fused-ring (bicyclic) bond motifs is 1. The quantitative estimate of drug-likeness (QED) is 0.817. The summed E-state index contributed by atoms with van der Waals surface area (Å²) < 4.78 is 10.9. The first-order valence-electron chi connectivity index (χ1n) is 5.92. The number of hydrogen-bond donors (Lipinski definition) is 1. The van der Waals surface area contributed by atoms with Crippen LogP contribution in [-0.2, 0) is 4.74 Å². The van der Waals surface area contributed by atoms with Gasteiger partial charge in [-0.3, -0.25) is 4.90 Å². The van der Waals surface area contributed by atoms with E-state index < -0.39 is 6.10 Å². The van der Waals surface area contributed by atoms with Crippen molar-refractivity contribution in [2.24, 2.45) is 0 Å². The molecule has 3 rings (SSSR count). The Morgan fingerprint density at radius 2 is 2.44 bits per heavy atom. The molecular weight excluding hydrogens is 206 g/mol. The van der Waals surface area contributed by atoms with Crippen LogP contribution in [0.4, 0.5) is 0 Å². The van der Waals surface area contributed by atoms with Gasteiger partial charge < -0.3 is 14.3 Å². The van der Waals surface area contributed by atoms with Crippen LogP contribution in [0.15, 0.2) is 22.8 Å². The van der Waals surface area contributed by atoms with Crippen molar-refractivity contribution in [1.82, 2.24) is 4.90 Å². The first-order valence-corrected chi connectivity index (χ1v) is 5.92. The molecule has 1 N–H and O–H groups in total. The molecule has 3 unspecified atom stereocenters. The molecule has 0 radical (unpaired) electrons. The smallest absolute Gasteiger partial charge is 0.139 e. The number of aliphatic hydroxyl groups is 1. The number of aliphatic hydroxyl groups excluding tert-OH is 1. The van der Waals surface area contributed by atoms with Gasteiger partial charge in [0.2, 0.25) is 0 Å². The molecule has 88 valence electrons. The highest BCUT2D eigenvalue weighted by Gasteiger charge is 2.36. The molecule has 3 heterocycles. The average Bonchev–Trinajstić information content (AvgIpc) is 2.98. The maximum Gasteiger partial charge on any atom is 0.139 e. The van der Waals surface area contributed by atoms with Gasteiger partial charge in [-0.05, 0) is 31.5 Å². The van der Waals surface area contributed by atoms with Gasteiger partial charge in [0, 0.05) is 12.6 Å². The fourth-order valence-corrected chi connectivity index (χ4v) is 2.68. The van der Waals surface area contributed by atoms with Crippen LogP contribution in [-0.4, -0.2) is 41.8 Å². The van der Waals surface area contributed by atoms with Gasteiger partial charge in [0.1, 0.15) is 18.0 Å². The van der Waals surface area contributed by atoms with E-state index in [0.29, 0.717) is 11.8 Å². The molecule has 0 saturated carbocycles. The molecule has 1 aromatic heterocycles. The topological polar surface area (TPSA) is 45.8 Å². The summed E-state index contributed by atoms with van der Waals surface area (Å²) in [4.78, 5) is 2.42. The number of morpholine rings is 1. The van der Waals surface area contributed by atoms with Crippen LogP contribution < -0.4 is 0 Å². The summed E-state index contributed by atoms with van der Waals surface area (Å²) in [5.74, 6) is 0.600. The van der Waals surface area contributed by atoms with E-state index >= 15 is 0 Å². The van der Waals surface area contributed by atoms with Crippen LogP contribution in [0, 0.1) is 0 Å². The Morgan fingerprint density at radius 3 is 3.25 bits per heavy atom. The predicted octanol–water partition coefficient (Wildman–Crippen LogP) is 1.18. The van der Waals surface area contributed by atoms with Gasteiger partial charge in [-0.25, -0.2) is 0 Å². The molecule has 4 heteroatoms. The van der Waals surface area contributed by atoms with E-state index in [1.165, 1.54) is 12.8 Å². The van der Waals surface area contributed by atoms with Crippen LogP contribution in [0.1, 0.15) is 24.7 Å². The Morgan fingerprint density at radius 1 is 1.50 bits per heavy atom. The Balaban J connectivity index is 1.67. The van der Waals surface area contributed by atoms with Gasteiger partial charge in [-0.2, -0.15) is 0 Å². The molecule has 0 aromatic carbocycles. The Labute approximate surface area is 94.8 Å². The summed E-state index contributed by atoms with van der Waals surface area (Å²) in [6.45, 7) is 2.68. The minimum absolute atomic E-state index is 0.152. The van der Waals surface area contributed by atoms with E-state index in [1.54, 1.807) is 18.4 Å². The third kappa shape index (κ3) is 1.77. The second-order valence-electron chi connectivity index (χ2n) is 4.62. The molecule has 2 aliphatic rings. The summed E-state index contributed by atoms with van der Waals surface area (Å²) in [6, 6.07) is 4.16. The van der Waals surface area contributed by atoms with Gasteiger partial charge in [-0.15, -0.1) is 0 Å². The number of rotatable bonds is 2. The second-order valence-corrected chi connectivity index (χ2v) is 4.62. The molecule has 0 aliphatic carbocycles. The zero-order chi connectivity index (χ0) is 11.0. The lowest BCUT2D eigenvalue weighted by Gasteiger charge is -2.36. The van der Waals surface area contributed by atoms with E-state index in [0.717, 1.165) is 19.7 Å². The van der Waals surface area contributed by atoms with Crippen LogP contribution >= 0.6 is 0 Å². The molecule has 2 aliphatic heterocycles. The van der Waals surface area contributed by atoms with Crippen molar-refractivity contribution in [3.05, 3.63) is 24.2 Å². The first-order chi connectivity index (χ1) is 7.84. The molecule has 16 heavy (non-hydrogen) atoms. The number of nitrogens with zero attached hydrogens (tertiary/aromatic N) is 1. The summed E-state index contributed by atoms with van der Waals surface area (Å²) in [5, 5.41) is 10.1. The largest absolute Gasteiger partial charge is 0.466 e. The first kappa shape index (κ1) is 10.3. The van der Waals surface area contributed by atoms with Gasteiger partial charge in [0.15, 0.2) is 0 Å². The van der Waals surface area contributed by atoms with Crippen LogP contribution in [0.5, 0.6) is 0 Å². The molecule has 1 aromatic rings. The normalized spacial score (nSPS) is 32.6. The fraction of sp³-hybridized carbons (Fsp3) is 0.667. The fourth-order valence-electron chi connectivity index (χ4n) is 2.68. The van der Waals surface area contributed by atoms with E-state index in [9.17, 15) is 5.11 Å². The van der Waals surface area contributed by atoms with E-state index in [4.69, 9.17) is 9.15 Å². The van der Waals surface area contributed by atoms with Gasteiger partial charge in [0.05, 0.1) is 12.9 Å². The summed E-state index contributed by atoms with van der Waals surface area (Å²) in [5.41, 5.74) is 0. The maximum absolute atomic E-state index is 10.1. The molecule has 0 spiro atoms. The summed E-state index contributed by atoms with van der Waals surface area (Å²) >= 11 is 0. The summed E-state index contributed by atoms with van der Waals surface area (Å²) in [6.07, 6.45) is 3.26. The zero-order valence-electron chi connectivity index (χ0n) is 9.21. The number of ether oxygens (including phenoxy) is 1. The van der Waals surface area contributed by atoms with Crippen molar-refractivity contribution in [2.75, 3.05) is 19.7 Å². The monoisotopic (exact) mass is 223 g/mol. The molecule has 3 atom stereocenters. The highest BCUT2D eigenvalue weighted by molar-refractivity contribution is 5.05. The van der Waals surface area contributed by atoms with Crippen molar-refractivity contribution < 1.29 is 14.3 Å². The van der Waals surface area contributed by atoms with Crippen LogP contribution in [0.25, 0.3) is 0 Å². The molecule has 2 saturated heterocycles. The highest BCUT2D eigenvalue weighted by atomic mass is 16.5. The second kappa shape index (κ2) is 4.20. The lowest BCUT2D eigenvalue weighted by atomic mass is 10.1. The maximum atomic E-state index is 10.1. The van der Waals surface area contributed by atoms with Crippen LogP contribution in [0.2, 0.25) is 0 Å². The molecular formula is C12H17NO3. The third-order valence-corrected chi connectivity index (χ3v) is 3.60. The lowest BCUT2D eigenvalue weighted by molar-refractivity contribution is -0.108. The van der Waals surface area contributed by atoms with E-state index in [-0.39, 0.29) is 6.10 Å². The average molecular weight is 223 g/mol.